The molecule has 0 radical (unpaired) electrons. The molecule has 2 atom stereocenters. The lowest BCUT2D eigenvalue weighted by Gasteiger charge is -2.17. The van der Waals surface area contributed by atoms with Crippen molar-refractivity contribution in [2.75, 3.05) is 12.0 Å². The molecule has 0 amide bonds. The smallest absolute Gasteiger partial charge is 0.139 e. The Morgan fingerprint density at radius 3 is 2.82 bits per heavy atom. The molecule has 92 valence electrons. The third-order valence-electron chi connectivity index (χ3n) is 2.23. The van der Waals surface area contributed by atoms with E-state index in [9.17, 15) is 10.2 Å². The predicted molar refractivity (Wildman–Crippen MR) is 61.6 cm³/mol. The van der Waals surface area contributed by atoms with Crippen LogP contribution in [0.2, 0.25) is 0 Å². The Bertz CT molecular complexity index is 389. The van der Waals surface area contributed by atoms with E-state index in [0.717, 1.165) is 0 Å². The molecule has 0 spiro atoms. The number of hydrazine groups is 1. The number of nitrogens with zero attached hydrogens (tertiary/aromatic N) is 4. The van der Waals surface area contributed by atoms with Gasteiger partial charge in [-0.05, 0) is 18.0 Å². The lowest BCUT2D eigenvalue weighted by Crippen LogP contribution is -2.19. The molecule has 0 fully saturated rings. The molecule has 1 aromatic heterocycles. The molecule has 1 aromatic rings. The van der Waals surface area contributed by atoms with Crippen LogP contribution < -0.4 is 11.3 Å². The van der Waals surface area contributed by atoms with Crippen LogP contribution in [0, 0.1) is 0 Å². The van der Waals surface area contributed by atoms with Crippen LogP contribution in [0.1, 0.15) is 18.1 Å². The normalized spacial score (nSPS) is 13.6. The van der Waals surface area contributed by atoms with Gasteiger partial charge in [0.15, 0.2) is 0 Å². The predicted octanol–water partition coefficient (Wildman–Crippen LogP) is 0.462. The summed E-state index contributed by atoms with van der Waals surface area (Å²) in [5, 5.41) is 22.7. The SMILES string of the molecule is [N-]=[N+]=NCCC(O)C(O)c1ccc(NN)nc1. The van der Waals surface area contributed by atoms with E-state index in [1.54, 1.807) is 12.1 Å². The topological polar surface area (TPSA) is 140 Å². The van der Waals surface area contributed by atoms with Crippen LogP contribution in [0.15, 0.2) is 23.4 Å². The summed E-state index contributed by atoms with van der Waals surface area (Å²) in [6, 6.07) is 3.18. The van der Waals surface area contributed by atoms with Gasteiger partial charge < -0.3 is 15.6 Å². The van der Waals surface area contributed by atoms with Crippen LogP contribution in [-0.2, 0) is 0 Å². The summed E-state index contributed by atoms with van der Waals surface area (Å²) in [7, 11) is 0. The van der Waals surface area contributed by atoms with Crippen LogP contribution in [0.4, 0.5) is 5.82 Å². The number of pyridine rings is 1. The maximum atomic E-state index is 9.78. The molecule has 0 aromatic carbocycles. The Balaban J connectivity index is 2.60. The summed E-state index contributed by atoms with van der Waals surface area (Å²) in [5.41, 5.74) is 10.9. The summed E-state index contributed by atoms with van der Waals surface area (Å²) < 4.78 is 0. The van der Waals surface area contributed by atoms with Crippen molar-refractivity contribution < 1.29 is 10.2 Å². The number of aromatic nitrogens is 1. The first kappa shape index (κ1) is 13.2. The molecule has 0 saturated heterocycles. The second-order valence-electron chi connectivity index (χ2n) is 3.38. The van der Waals surface area contributed by atoms with Gasteiger partial charge in [-0.15, -0.1) is 0 Å². The van der Waals surface area contributed by atoms with Crippen molar-refractivity contribution in [3.8, 4) is 0 Å². The summed E-state index contributed by atoms with van der Waals surface area (Å²) in [6.07, 6.45) is -0.471. The number of aliphatic hydroxyl groups is 2. The van der Waals surface area contributed by atoms with Crippen molar-refractivity contribution in [3.63, 3.8) is 0 Å². The highest BCUT2D eigenvalue weighted by atomic mass is 16.3. The monoisotopic (exact) mass is 238 g/mol. The lowest BCUT2D eigenvalue weighted by molar-refractivity contribution is 0.0148. The summed E-state index contributed by atoms with van der Waals surface area (Å²) in [5.74, 6) is 5.61. The van der Waals surface area contributed by atoms with E-state index in [1.165, 1.54) is 6.20 Å². The third-order valence-corrected chi connectivity index (χ3v) is 2.23. The third kappa shape index (κ3) is 3.89. The van der Waals surface area contributed by atoms with Crippen LogP contribution >= 0.6 is 0 Å². The van der Waals surface area contributed by atoms with Crippen molar-refractivity contribution in [3.05, 3.63) is 34.3 Å². The molecule has 0 aliphatic carbocycles. The van der Waals surface area contributed by atoms with Crippen LogP contribution in [-0.4, -0.2) is 27.8 Å². The quantitative estimate of drug-likeness (QED) is 0.187. The first-order chi connectivity index (χ1) is 8.19. The number of nitrogens with one attached hydrogen (secondary N) is 1. The minimum absolute atomic E-state index is 0.130. The molecule has 1 heterocycles. The number of anilines is 1. The minimum Gasteiger partial charge on any atom is -0.390 e. The summed E-state index contributed by atoms with van der Waals surface area (Å²) >= 11 is 0. The zero-order valence-corrected chi connectivity index (χ0v) is 9.06. The van der Waals surface area contributed by atoms with Gasteiger partial charge in [0.25, 0.3) is 0 Å². The van der Waals surface area contributed by atoms with Crippen molar-refractivity contribution in [2.24, 2.45) is 11.0 Å². The van der Waals surface area contributed by atoms with Gasteiger partial charge in [-0.1, -0.05) is 11.2 Å². The highest BCUT2D eigenvalue weighted by Crippen LogP contribution is 2.19. The number of azide groups is 1. The zero-order chi connectivity index (χ0) is 12.7. The molecule has 5 N–H and O–H groups in total. The van der Waals surface area contributed by atoms with Crippen molar-refractivity contribution in [1.29, 1.82) is 0 Å². The summed E-state index contributed by atoms with van der Waals surface area (Å²) in [6.45, 7) is 0.130. The highest BCUT2D eigenvalue weighted by Gasteiger charge is 2.17. The van der Waals surface area contributed by atoms with E-state index in [0.29, 0.717) is 11.4 Å². The van der Waals surface area contributed by atoms with Crippen molar-refractivity contribution in [1.82, 2.24) is 4.98 Å². The second-order valence-corrected chi connectivity index (χ2v) is 3.38. The van der Waals surface area contributed by atoms with E-state index in [2.05, 4.69) is 20.4 Å². The fourth-order valence-corrected chi connectivity index (χ4v) is 1.28. The minimum atomic E-state index is -1.07. The molecule has 0 bridgehead atoms. The molecule has 8 nitrogen and oxygen atoms in total. The number of hydrogen-bond donors (Lipinski definition) is 4. The maximum Gasteiger partial charge on any atom is 0.139 e. The molecular formula is C9H14N6O2. The number of aliphatic hydroxyl groups excluding tert-OH is 2. The van der Waals surface area contributed by atoms with Crippen LogP contribution in [0.25, 0.3) is 10.4 Å². The first-order valence-electron chi connectivity index (χ1n) is 4.98. The number of nitrogen functional groups attached to an aromatic ring is 1. The van der Waals surface area contributed by atoms with E-state index < -0.39 is 12.2 Å². The summed E-state index contributed by atoms with van der Waals surface area (Å²) in [4.78, 5) is 6.47. The van der Waals surface area contributed by atoms with Gasteiger partial charge in [-0.25, -0.2) is 10.8 Å². The molecule has 17 heavy (non-hydrogen) atoms. The van der Waals surface area contributed by atoms with Gasteiger partial charge in [0.2, 0.25) is 0 Å². The number of nitrogens with two attached hydrogens (primary N) is 1. The fraction of sp³-hybridized carbons (Fsp3) is 0.444. The van der Waals surface area contributed by atoms with Crippen LogP contribution in [0.3, 0.4) is 0 Å². The Morgan fingerprint density at radius 2 is 2.29 bits per heavy atom. The van der Waals surface area contributed by atoms with Gasteiger partial charge in [0.05, 0.1) is 6.10 Å². The molecule has 2 unspecified atom stereocenters. The Hall–Kier alpha value is -1.86. The molecule has 0 aliphatic heterocycles. The van der Waals surface area contributed by atoms with Gasteiger partial charge in [0, 0.05) is 23.2 Å². The zero-order valence-electron chi connectivity index (χ0n) is 9.06. The van der Waals surface area contributed by atoms with E-state index >= 15 is 0 Å². The van der Waals surface area contributed by atoms with E-state index in [-0.39, 0.29) is 13.0 Å². The second kappa shape index (κ2) is 6.66. The molecule has 1 rings (SSSR count). The number of hydrogen-bond acceptors (Lipinski definition) is 6. The average molecular weight is 238 g/mol. The Labute approximate surface area is 97.7 Å². The maximum absolute atomic E-state index is 9.78. The van der Waals surface area contributed by atoms with Crippen molar-refractivity contribution >= 4 is 5.82 Å². The average Bonchev–Trinajstić information content (AvgIpc) is 2.38. The highest BCUT2D eigenvalue weighted by molar-refractivity contribution is 5.34. The van der Waals surface area contributed by atoms with Gasteiger partial charge in [-0.3, -0.25) is 0 Å². The van der Waals surface area contributed by atoms with Crippen LogP contribution in [0.5, 0.6) is 0 Å². The van der Waals surface area contributed by atoms with Gasteiger partial charge in [-0.2, -0.15) is 0 Å². The standard InChI is InChI=1S/C9H14N6O2/c10-14-8-2-1-6(5-12-8)9(17)7(16)3-4-13-15-11/h1-2,5,7,9,16-17H,3-4,10H2,(H,12,14). The Kier molecular flexibility index (Phi) is 5.18. The number of rotatable bonds is 6. The molecular weight excluding hydrogens is 224 g/mol. The molecule has 0 saturated carbocycles. The molecule has 8 heteroatoms. The van der Waals surface area contributed by atoms with E-state index in [1.807, 2.05) is 0 Å². The molecule has 0 aliphatic rings. The largest absolute Gasteiger partial charge is 0.390 e. The first-order valence-corrected chi connectivity index (χ1v) is 4.98. The van der Waals surface area contributed by atoms with E-state index in [4.69, 9.17) is 11.4 Å². The fourth-order valence-electron chi connectivity index (χ4n) is 1.28. The lowest BCUT2D eigenvalue weighted by atomic mass is 10.0. The van der Waals surface area contributed by atoms with Crippen molar-refractivity contribution in [2.45, 2.75) is 18.6 Å². The van der Waals surface area contributed by atoms with Gasteiger partial charge in [0.1, 0.15) is 11.9 Å². The Morgan fingerprint density at radius 1 is 1.53 bits per heavy atom. The van der Waals surface area contributed by atoms with Gasteiger partial charge >= 0.3 is 0 Å².